The molecule has 2 aromatic carbocycles. The maximum Gasteiger partial charge on any atom is 0.241 e. The number of piperidine rings is 1. The molecule has 0 radical (unpaired) electrons. The number of amides is 1. The minimum Gasteiger partial charge on any atom is -0.393 e. The summed E-state index contributed by atoms with van der Waals surface area (Å²) in [5.74, 6) is -0.00484. The van der Waals surface area contributed by atoms with Gasteiger partial charge < -0.3 is 10.4 Å². The fraction of sp³-hybridized carbons (Fsp3) is 0.350. The third-order valence-electron chi connectivity index (χ3n) is 4.70. The minimum atomic E-state index is -0.227. The number of rotatable bonds is 4. The highest BCUT2D eigenvalue weighted by atomic mass is 16.3. The van der Waals surface area contributed by atoms with E-state index in [1.807, 2.05) is 61.5 Å². The van der Waals surface area contributed by atoms with Gasteiger partial charge in [-0.05, 0) is 31.4 Å². The molecule has 1 fully saturated rings. The molecule has 1 amide bonds. The minimum absolute atomic E-state index is 0.00484. The van der Waals surface area contributed by atoms with Gasteiger partial charge in [0.15, 0.2) is 0 Å². The molecule has 0 spiro atoms. The molecule has 0 aromatic heterocycles. The maximum atomic E-state index is 12.7. The van der Waals surface area contributed by atoms with E-state index in [-0.39, 0.29) is 18.1 Å². The summed E-state index contributed by atoms with van der Waals surface area (Å²) in [5.41, 5.74) is 2.94. The highest BCUT2D eigenvalue weighted by Gasteiger charge is 2.26. The van der Waals surface area contributed by atoms with Gasteiger partial charge >= 0.3 is 0 Å². The molecule has 1 saturated heterocycles. The average molecular weight is 324 g/mol. The number of nitrogens with zero attached hydrogens (tertiary/aromatic N) is 1. The van der Waals surface area contributed by atoms with Crippen LogP contribution in [0.15, 0.2) is 54.6 Å². The summed E-state index contributed by atoms with van der Waals surface area (Å²) in [5, 5.41) is 12.7. The Kier molecular flexibility index (Phi) is 5.28. The lowest BCUT2D eigenvalue weighted by molar-refractivity contribution is -0.121. The Labute approximate surface area is 143 Å². The summed E-state index contributed by atoms with van der Waals surface area (Å²) >= 11 is 0. The van der Waals surface area contributed by atoms with Gasteiger partial charge in [-0.25, -0.2) is 0 Å². The second-order valence-corrected chi connectivity index (χ2v) is 6.34. The third kappa shape index (κ3) is 3.83. The van der Waals surface area contributed by atoms with E-state index in [2.05, 4.69) is 10.2 Å². The molecule has 0 aliphatic carbocycles. The van der Waals surface area contributed by atoms with E-state index in [0.717, 1.165) is 42.7 Å². The molecule has 4 nitrogen and oxygen atoms in total. The van der Waals surface area contributed by atoms with Crippen molar-refractivity contribution in [2.45, 2.75) is 31.9 Å². The largest absolute Gasteiger partial charge is 0.393 e. The fourth-order valence-corrected chi connectivity index (χ4v) is 3.14. The Hall–Kier alpha value is -2.17. The van der Waals surface area contributed by atoms with E-state index in [1.54, 1.807) is 0 Å². The van der Waals surface area contributed by atoms with Crippen molar-refractivity contribution in [3.05, 3.63) is 54.6 Å². The van der Waals surface area contributed by atoms with Crippen molar-refractivity contribution in [1.29, 1.82) is 0 Å². The molecule has 2 aromatic rings. The lowest BCUT2D eigenvalue weighted by Gasteiger charge is -2.33. The number of para-hydroxylation sites is 1. The Balaban J connectivity index is 1.73. The van der Waals surface area contributed by atoms with Crippen LogP contribution < -0.4 is 5.32 Å². The molecule has 1 atom stereocenters. The number of hydrogen-bond acceptors (Lipinski definition) is 3. The number of carbonyl (C=O) groups is 1. The fourth-order valence-electron chi connectivity index (χ4n) is 3.14. The van der Waals surface area contributed by atoms with Gasteiger partial charge in [0.1, 0.15) is 0 Å². The van der Waals surface area contributed by atoms with Crippen LogP contribution in [0.25, 0.3) is 11.1 Å². The summed E-state index contributed by atoms with van der Waals surface area (Å²) in [6.07, 6.45) is 1.24. The van der Waals surface area contributed by atoms with Crippen molar-refractivity contribution in [1.82, 2.24) is 4.90 Å². The molecule has 0 saturated carbocycles. The van der Waals surface area contributed by atoms with Gasteiger partial charge in [-0.2, -0.15) is 0 Å². The number of benzene rings is 2. The summed E-state index contributed by atoms with van der Waals surface area (Å²) in [6.45, 7) is 3.45. The highest BCUT2D eigenvalue weighted by Crippen LogP contribution is 2.28. The van der Waals surface area contributed by atoms with Crippen molar-refractivity contribution >= 4 is 11.6 Å². The third-order valence-corrected chi connectivity index (χ3v) is 4.70. The van der Waals surface area contributed by atoms with Gasteiger partial charge in [0.25, 0.3) is 0 Å². The van der Waals surface area contributed by atoms with Crippen LogP contribution in [0.2, 0.25) is 0 Å². The predicted octanol–water partition coefficient (Wildman–Crippen LogP) is 3.14. The predicted molar refractivity (Wildman–Crippen MR) is 96.8 cm³/mol. The number of nitrogens with one attached hydrogen (secondary N) is 1. The van der Waals surface area contributed by atoms with E-state index >= 15 is 0 Å². The highest BCUT2D eigenvalue weighted by molar-refractivity contribution is 5.98. The Morgan fingerprint density at radius 3 is 2.42 bits per heavy atom. The van der Waals surface area contributed by atoms with Crippen LogP contribution in [0.4, 0.5) is 5.69 Å². The van der Waals surface area contributed by atoms with Crippen molar-refractivity contribution in [3.63, 3.8) is 0 Å². The van der Waals surface area contributed by atoms with Crippen LogP contribution in [-0.2, 0) is 4.79 Å². The van der Waals surface area contributed by atoms with E-state index in [9.17, 15) is 9.90 Å². The van der Waals surface area contributed by atoms with Crippen LogP contribution in [-0.4, -0.2) is 41.1 Å². The van der Waals surface area contributed by atoms with Crippen LogP contribution in [0.5, 0.6) is 0 Å². The SMILES string of the molecule is CC(C(=O)Nc1ccccc1-c1ccccc1)N1CCC(O)CC1. The standard InChI is InChI=1S/C20H24N2O2/c1-15(22-13-11-17(23)12-14-22)20(24)21-19-10-6-5-9-18(19)16-7-3-2-4-8-16/h2-10,15,17,23H,11-14H2,1H3,(H,21,24). The Morgan fingerprint density at radius 2 is 1.71 bits per heavy atom. The lowest BCUT2D eigenvalue weighted by atomic mass is 10.0. The molecule has 1 aliphatic rings. The number of hydrogen-bond donors (Lipinski definition) is 2. The zero-order valence-electron chi connectivity index (χ0n) is 14.0. The van der Waals surface area contributed by atoms with E-state index in [0.29, 0.717) is 0 Å². The quantitative estimate of drug-likeness (QED) is 0.908. The number of anilines is 1. The second-order valence-electron chi connectivity index (χ2n) is 6.34. The van der Waals surface area contributed by atoms with Crippen LogP contribution in [0, 0.1) is 0 Å². The lowest BCUT2D eigenvalue weighted by Crippen LogP contribution is -2.47. The molecule has 24 heavy (non-hydrogen) atoms. The normalized spacial score (nSPS) is 17.4. The first-order valence-electron chi connectivity index (χ1n) is 8.52. The molecular weight excluding hydrogens is 300 g/mol. The molecule has 3 rings (SSSR count). The van der Waals surface area contributed by atoms with Crippen LogP contribution in [0.1, 0.15) is 19.8 Å². The van der Waals surface area contributed by atoms with Crippen molar-refractivity contribution in [2.75, 3.05) is 18.4 Å². The summed E-state index contributed by atoms with van der Waals surface area (Å²) < 4.78 is 0. The molecule has 1 heterocycles. The van der Waals surface area contributed by atoms with Crippen LogP contribution in [0.3, 0.4) is 0 Å². The first-order valence-corrected chi connectivity index (χ1v) is 8.52. The van der Waals surface area contributed by atoms with Gasteiger partial charge in [-0.15, -0.1) is 0 Å². The molecule has 1 unspecified atom stereocenters. The molecule has 4 heteroatoms. The molecule has 2 N–H and O–H groups in total. The Morgan fingerprint density at radius 1 is 1.08 bits per heavy atom. The van der Waals surface area contributed by atoms with E-state index in [4.69, 9.17) is 0 Å². The van der Waals surface area contributed by atoms with Crippen molar-refractivity contribution in [3.8, 4) is 11.1 Å². The Bertz CT molecular complexity index is 679. The zero-order chi connectivity index (χ0) is 16.9. The van der Waals surface area contributed by atoms with E-state index in [1.165, 1.54) is 0 Å². The number of likely N-dealkylation sites (tertiary alicyclic amines) is 1. The number of carbonyl (C=O) groups excluding carboxylic acids is 1. The van der Waals surface area contributed by atoms with Gasteiger partial charge in [0.05, 0.1) is 12.1 Å². The topological polar surface area (TPSA) is 52.6 Å². The molecular formula is C20H24N2O2. The van der Waals surface area contributed by atoms with Gasteiger partial charge in [0.2, 0.25) is 5.91 Å². The summed E-state index contributed by atoms with van der Waals surface area (Å²) in [4.78, 5) is 14.8. The molecule has 126 valence electrons. The second kappa shape index (κ2) is 7.60. The average Bonchev–Trinajstić information content (AvgIpc) is 2.63. The molecule has 0 bridgehead atoms. The molecule has 1 aliphatic heterocycles. The monoisotopic (exact) mass is 324 g/mol. The zero-order valence-corrected chi connectivity index (χ0v) is 14.0. The van der Waals surface area contributed by atoms with Crippen molar-refractivity contribution < 1.29 is 9.90 Å². The smallest absolute Gasteiger partial charge is 0.241 e. The van der Waals surface area contributed by atoms with Gasteiger partial charge in [-0.3, -0.25) is 9.69 Å². The first kappa shape index (κ1) is 16.7. The maximum absolute atomic E-state index is 12.7. The number of aliphatic hydroxyl groups excluding tert-OH is 1. The first-order chi connectivity index (χ1) is 11.6. The van der Waals surface area contributed by atoms with Gasteiger partial charge in [-0.1, -0.05) is 48.5 Å². The van der Waals surface area contributed by atoms with Crippen molar-refractivity contribution in [2.24, 2.45) is 0 Å². The summed E-state index contributed by atoms with van der Waals surface area (Å²) in [7, 11) is 0. The van der Waals surface area contributed by atoms with E-state index < -0.39 is 0 Å². The number of aliphatic hydroxyl groups is 1. The van der Waals surface area contributed by atoms with Crippen LogP contribution >= 0.6 is 0 Å². The summed E-state index contributed by atoms with van der Waals surface area (Å²) in [6, 6.07) is 17.7. The van der Waals surface area contributed by atoms with Gasteiger partial charge in [0, 0.05) is 24.3 Å².